The van der Waals surface area contributed by atoms with E-state index in [4.69, 9.17) is 28.3 Å². The Hall–Kier alpha value is -2.08. The number of aliphatic hydroxyl groups is 1. The number of nitrogens with zero attached hydrogens (tertiary/aromatic N) is 1. The first-order chi connectivity index (χ1) is 13.8. The Labute approximate surface area is 187 Å². The van der Waals surface area contributed by atoms with E-state index in [1.165, 1.54) is 4.90 Å². The van der Waals surface area contributed by atoms with Gasteiger partial charge in [0.1, 0.15) is 5.60 Å². The Bertz CT molecular complexity index is 935. The highest BCUT2D eigenvalue weighted by Gasteiger charge is 2.34. The van der Waals surface area contributed by atoms with Crippen LogP contribution in [0.4, 0.5) is 5.69 Å². The molecule has 0 bridgehead atoms. The topological polar surface area (TPSA) is 77.8 Å². The van der Waals surface area contributed by atoms with E-state index in [1.807, 2.05) is 20.8 Å². The van der Waals surface area contributed by atoms with Gasteiger partial charge in [0, 0.05) is 34.1 Å². The lowest BCUT2D eigenvalue weighted by molar-refractivity contribution is -0.138. The fourth-order valence-corrected chi connectivity index (χ4v) is 3.76. The summed E-state index contributed by atoms with van der Waals surface area (Å²) in [7, 11) is 0. The number of anilines is 1. The SMILES string of the molecule is CC(C)(C)CN(C(=O)CCC(=O)O)c1ccc(Cl)cc1C(C)(O)c1ccccc1Cl. The summed E-state index contributed by atoms with van der Waals surface area (Å²) in [5.41, 5.74) is -0.456. The van der Waals surface area contributed by atoms with E-state index in [2.05, 4.69) is 0 Å². The lowest BCUT2D eigenvalue weighted by Gasteiger charge is -2.35. The lowest BCUT2D eigenvalue weighted by atomic mass is 9.86. The summed E-state index contributed by atoms with van der Waals surface area (Å²) in [5, 5.41) is 21.3. The molecule has 0 saturated heterocycles. The van der Waals surface area contributed by atoms with Gasteiger partial charge in [0.2, 0.25) is 5.91 Å². The van der Waals surface area contributed by atoms with Gasteiger partial charge in [-0.3, -0.25) is 9.59 Å². The van der Waals surface area contributed by atoms with Gasteiger partial charge in [-0.1, -0.05) is 62.2 Å². The number of amides is 1. The second kappa shape index (κ2) is 9.38. The van der Waals surface area contributed by atoms with E-state index in [1.54, 1.807) is 49.4 Å². The molecule has 0 aliphatic heterocycles. The molecule has 2 rings (SSSR count). The van der Waals surface area contributed by atoms with Crippen LogP contribution < -0.4 is 4.90 Å². The van der Waals surface area contributed by atoms with Gasteiger partial charge in [-0.25, -0.2) is 0 Å². The minimum atomic E-state index is -1.54. The van der Waals surface area contributed by atoms with Crippen LogP contribution in [0.2, 0.25) is 10.0 Å². The molecule has 2 aromatic rings. The van der Waals surface area contributed by atoms with Crippen molar-refractivity contribution < 1.29 is 19.8 Å². The number of hydrogen-bond acceptors (Lipinski definition) is 3. The lowest BCUT2D eigenvalue weighted by Crippen LogP contribution is -2.40. The summed E-state index contributed by atoms with van der Waals surface area (Å²) in [6.07, 6.45) is -0.426. The average molecular weight is 452 g/mol. The Morgan fingerprint density at radius 2 is 1.60 bits per heavy atom. The van der Waals surface area contributed by atoms with Crippen LogP contribution in [0, 0.1) is 5.41 Å². The molecular weight excluding hydrogens is 425 g/mol. The molecule has 2 N–H and O–H groups in total. The molecule has 0 aromatic heterocycles. The Kier molecular flexibility index (Phi) is 7.56. The van der Waals surface area contributed by atoms with E-state index in [9.17, 15) is 14.7 Å². The molecule has 0 fully saturated rings. The number of carboxylic acid groups (broad SMARTS) is 1. The van der Waals surface area contributed by atoms with Crippen molar-refractivity contribution in [1.82, 2.24) is 0 Å². The molecule has 7 heteroatoms. The second-order valence-electron chi connectivity index (χ2n) is 8.65. The maximum Gasteiger partial charge on any atom is 0.303 e. The molecule has 162 valence electrons. The molecule has 0 aliphatic carbocycles. The molecular formula is C23H27Cl2NO4. The highest BCUT2D eigenvalue weighted by atomic mass is 35.5. The largest absolute Gasteiger partial charge is 0.481 e. The Morgan fingerprint density at radius 1 is 0.967 bits per heavy atom. The molecule has 0 aliphatic rings. The maximum atomic E-state index is 13.0. The number of carbonyl (C=O) groups excluding carboxylic acids is 1. The molecule has 0 radical (unpaired) electrons. The summed E-state index contributed by atoms with van der Waals surface area (Å²) in [5.74, 6) is -1.38. The number of aliphatic carboxylic acids is 1. The first kappa shape index (κ1) is 24.2. The van der Waals surface area contributed by atoms with E-state index in [0.717, 1.165) is 0 Å². The predicted molar refractivity (Wildman–Crippen MR) is 120 cm³/mol. The number of halogens is 2. The van der Waals surface area contributed by atoms with Crippen molar-refractivity contribution in [2.45, 2.75) is 46.1 Å². The summed E-state index contributed by atoms with van der Waals surface area (Å²) < 4.78 is 0. The van der Waals surface area contributed by atoms with Gasteiger partial charge < -0.3 is 15.1 Å². The van der Waals surface area contributed by atoms with Gasteiger partial charge in [0.05, 0.1) is 12.1 Å². The first-order valence-electron chi connectivity index (χ1n) is 9.62. The molecule has 1 unspecified atom stereocenters. The van der Waals surface area contributed by atoms with Crippen molar-refractivity contribution in [3.63, 3.8) is 0 Å². The van der Waals surface area contributed by atoms with Crippen LogP contribution in [0.15, 0.2) is 42.5 Å². The zero-order chi connectivity index (χ0) is 22.7. The van der Waals surface area contributed by atoms with Crippen LogP contribution in [0.3, 0.4) is 0 Å². The summed E-state index contributed by atoms with van der Waals surface area (Å²) in [6.45, 7) is 7.86. The van der Waals surface area contributed by atoms with Crippen molar-refractivity contribution in [1.29, 1.82) is 0 Å². The van der Waals surface area contributed by atoms with Crippen LogP contribution in [0.5, 0.6) is 0 Å². The highest BCUT2D eigenvalue weighted by molar-refractivity contribution is 6.31. The van der Waals surface area contributed by atoms with Crippen LogP contribution >= 0.6 is 23.2 Å². The molecule has 1 amide bonds. The number of benzene rings is 2. The van der Waals surface area contributed by atoms with Gasteiger partial charge in [0.25, 0.3) is 0 Å². The third-order valence-corrected chi connectivity index (χ3v) is 5.22. The Balaban J connectivity index is 2.64. The molecule has 30 heavy (non-hydrogen) atoms. The fraction of sp³-hybridized carbons (Fsp3) is 0.391. The smallest absolute Gasteiger partial charge is 0.303 e. The zero-order valence-electron chi connectivity index (χ0n) is 17.6. The number of rotatable bonds is 7. The van der Waals surface area contributed by atoms with Crippen LogP contribution in [0.1, 0.15) is 51.7 Å². The monoisotopic (exact) mass is 451 g/mol. The van der Waals surface area contributed by atoms with Gasteiger partial charge in [0.15, 0.2) is 0 Å². The normalized spacial score (nSPS) is 13.6. The molecule has 2 aromatic carbocycles. The number of carbonyl (C=O) groups is 2. The van der Waals surface area contributed by atoms with Gasteiger partial charge in [-0.05, 0) is 36.6 Å². The summed E-state index contributed by atoms with van der Waals surface area (Å²) in [4.78, 5) is 25.5. The Morgan fingerprint density at radius 3 is 2.17 bits per heavy atom. The average Bonchev–Trinajstić information content (AvgIpc) is 2.63. The first-order valence-corrected chi connectivity index (χ1v) is 10.4. The third kappa shape index (κ3) is 5.97. The van der Waals surface area contributed by atoms with E-state index < -0.39 is 11.6 Å². The van der Waals surface area contributed by atoms with Crippen molar-refractivity contribution in [2.24, 2.45) is 5.41 Å². The zero-order valence-corrected chi connectivity index (χ0v) is 19.1. The number of carboxylic acids is 1. The van der Waals surface area contributed by atoms with Crippen molar-refractivity contribution >= 4 is 40.8 Å². The maximum absolute atomic E-state index is 13.0. The van der Waals surface area contributed by atoms with Crippen LogP contribution in [0.25, 0.3) is 0 Å². The quantitative estimate of drug-likeness (QED) is 0.582. The van der Waals surface area contributed by atoms with E-state index in [0.29, 0.717) is 33.4 Å². The minimum absolute atomic E-state index is 0.151. The molecule has 0 spiro atoms. The molecule has 1 atom stereocenters. The second-order valence-corrected chi connectivity index (χ2v) is 9.49. The molecule has 0 saturated carbocycles. The van der Waals surface area contributed by atoms with Crippen molar-refractivity contribution in [2.75, 3.05) is 11.4 Å². The summed E-state index contributed by atoms with van der Waals surface area (Å²) >= 11 is 12.6. The molecule has 0 heterocycles. The standard InChI is InChI=1S/C23H27Cl2NO4/c1-22(2,3)14-26(20(27)11-12-21(28)29)19-10-9-15(24)13-17(19)23(4,30)16-7-5-6-8-18(16)25/h5-10,13,30H,11-12,14H2,1-4H3,(H,28,29). The fourth-order valence-electron chi connectivity index (χ4n) is 3.27. The third-order valence-electron chi connectivity index (χ3n) is 4.66. The number of hydrogen-bond donors (Lipinski definition) is 2. The van der Waals surface area contributed by atoms with Gasteiger partial charge >= 0.3 is 5.97 Å². The van der Waals surface area contributed by atoms with Gasteiger partial charge in [-0.2, -0.15) is 0 Å². The van der Waals surface area contributed by atoms with Gasteiger partial charge in [-0.15, -0.1) is 0 Å². The highest BCUT2D eigenvalue weighted by Crippen LogP contribution is 2.41. The van der Waals surface area contributed by atoms with Crippen LogP contribution in [-0.4, -0.2) is 28.6 Å². The van der Waals surface area contributed by atoms with E-state index in [-0.39, 0.29) is 24.2 Å². The van der Waals surface area contributed by atoms with E-state index >= 15 is 0 Å². The summed E-state index contributed by atoms with van der Waals surface area (Å²) in [6, 6.07) is 11.9. The predicted octanol–water partition coefficient (Wildman–Crippen LogP) is 5.49. The minimum Gasteiger partial charge on any atom is -0.481 e. The van der Waals surface area contributed by atoms with Crippen LogP contribution in [-0.2, 0) is 15.2 Å². The van der Waals surface area contributed by atoms with Crippen molar-refractivity contribution in [3.8, 4) is 0 Å². The van der Waals surface area contributed by atoms with Crippen molar-refractivity contribution in [3.05, 3.63) is 63.6 Å². The molecule has 5 nitrogen and oxygen atoms in total.